The minimum absolute atomic E-state index is 0.254. The van der Waals surface area contributed by atoms with E-state index in [2.05, 4.69) is 15.2 Å². The smallest absolute Gasteiger partial charge is 0.322 e. The van der Waals surface area contributed by atoms with E-state index in [1.165, 1.54) is 10.8 Å². The fourth-order valence-corrected chi connectivity index (χ4v) is 3.07. The third-order valence-corrected chi connectivity index (χ3v) is 4.23. The lowest BCUT2D eigenvalue weighted by Gasteiger charge is -2.28. The second-order valence-corrected chi connectivity index (χ2v) is 5.89. The van der Waals surface area contributed by atoms with Crippen LogP contribution in [0, 0.1) is 0 Å². The van der Waals surface area contributed by atoms with Gasteiger partial charge in [-0.2, -0.15) is 13.2 Å². The highest BCUT2D eigenvalue weighted by Gasteiger charge is 2.38. The van der Waals surface area contributed by atoms with Crippen LogP contribution < -0.4 is 0 Å². The lowest BCUT2D eigenvalue weighted by atomic mass is 10.3. The van der Waals surface area contributed by atoms with E-state index in [0.717, 1.165) is 11.5 Å². The second-order valence-electron chi connectivity index (χ2n) is 5.89. The van der Waals surface area contributed by atoms with Crippen molar-refractivity contribution < 1.29 is 13.2 Å². The first kappa shape index (κ1) is 15.8. The molecule has 130 valence electrons. The first-order valence-electron chi connectivity index (χ1n) is 7.80. The Morgan fingerprint density at radius 1 is 1.08 bits per heavy atom. The SMILES string of the molecule is FC(F)(F)c1ncc2n1CCN(Cc1nncn1-c1ccccc1)C2. The fraction of sp³-hybridized carbons (Fsp3) is 0.312. The normalized spacial score (nSPS) is 15.3. The van der Waals surface area contributed by atoms with E-state index in [-0.39, 0.29) is 6.54 Å². The van der Waals surface area contributed by atoms with Crippen molar-refractivity contribution in [2.24, 2.45) is 0 Å². The van der Waals surface area contributed by atoms with Gasteiger partial charge in [-0.15, -0.1) is 10.2 Å². The number of nitrogens with zero attached hydrogens (tertiary/aromatic N) is 6. The average Bonchev–Trinajstić information content (AvgIpc) is 3.21. The Morgan fingerprint density at radius 2 is 1.88 bits per heavy atom. The second kappa shape index (κ2) is 5.99. The van der Waals surface area contributed by atoms with E-state index in [1.807, 2.05) is 39.8 Å². The van der Waals surface area contributed by atoms with Crippen LogP contribution in [0.4, 0.5) is 13.2 Å². The van der Waals surface area contributed by atoms with E-state index >= 15 is 0 Å². The Balaban J connectivity index is 1.53. The van der Waals surface area contributed by atoms with Crippen molar-refractivity contribution in [3.63, 3.8) is 0 Å². The standard InChI is InChI=1S/C16H15F3N6/c17-16(18,19)15-20-8-13-9-23(6-7-24(13)15)10-14-22-21-11-25(14)12-4-2-1-3-5-12/h1-5,8,11H,6-7,9-10H2. The molecule has 4 rings (SSSR count). The summed E-state index contributed by atoms with van der Waals surface area (Å²) in [6.07, 6.45) is -1.48. The molecule has 0 amide bonds. The summed E-state index contributed by atoms with van der Waals surface area (Å²) in [5, 5.41) is 8.12. The zero-order valence-corrected chi connectivity index (χ0v) is 13.2. The third-order valence-electron chi connectivity index (χ3n) is 4.23. The molecule has 9 heteroatoms. The van der Waals surface area contributed by atoms with Crippen LogP contribution in [0.2, 0.25) is 0 Å². The van der Waals surface area contributed by atoms with Gasteiger partial charge in [-0.05, 0) is 12.1 Å². The minimum atomic E-state index is -4.42. The van der Waals surface area contributed by atoms with E-state index in [9.17, 15) is 13.2 Å². The van der Waals surface area contributed by atoms with Crippen LogP contribution in [0.25, 0.3) is 5.69 Å². The Hall–Kier alpha value is -2.68. The number of benzene rings is 1. The van der Waals surface area contributed by atoms with Gasteiger partial charge >= 0.3 is 6.18 Å². The van der Waals surface area contributed by atoms with Crippen LogP contribution in [-0.4, -0.2) is 35.8 Å². The first-order valence-corrected chi connectivity index (χ1v) is 7.80. The molecule has 25 heavy (non-hydrogen) atoms. The molecule has 0 saturated heterocycles. The Labute approximate surface area is 141 Å². The summed E-state index contributed by atoms with van der Waals surface area (Å²) < 4.78 is 41.9. The van der Waals surface area contributed by atoms with Crippen LogP contribution in [0.3, 0.4) is 0 Å². The summed E-state index contributed by atoms with van der Waals surface area (Å²) in [5.41, 5.74) is 1.51. The molecule has 3 heterocycles. The fourth-order valence-electron chi connectivity index (χ4n) is 3.07. The van der Waals surface area contributed by atoms with Crippen molar-refractivity contribution >= 4 is 0 Å². The Kier molecular flexibility index (Phi) is 3.79. The van der Waals surface area contributed by atoms with Crippen molar-refractivity contribution in [3.8, 4) is 5.69 Å². The van der Waals surface area contributed by atoms with Gasteiger partial charge in [0.25, 0.3) is 0 Å². The zero-order valence-electron chi connectivity index (χ0n) is 13.2. The Morgan fingerprint density at radius 3 is 2.64 bits per heavy atom. The molecule has 0 bridgehead atoms. The highest BCUT2D eigenvalue weighted by atomic mass is 19.4. The summed E-state index contributed by atoms with van der Waals surface area (Å²) in [6, 6.07) is 9.69. The quantitative estimate of drug-likeness (QED) is 0.730. The summed E-state index contributed by atoms with van der Waals surface area (Å²) in [4.78, 5) is 5.59. The number of para-hydroxylation sites is 1. The number of hydrogen-bond acceptors (Lipinski definition) is 4. The maximum absolute atomic E-state index is 12.9. The molecular weight excluding hydrogens is 333 g/mol. The molecular formula is C16H15F3N6. The number of fused-ring (bicyclic) bond motifs is 1. The van der Waals surface area contributed by atoms with Crippen molar-refractivity contribution in [2.75, 3.05) is 6.54 Å². The number of hydrogen-bond donors (Lipinski definition) is 0. The highest BCUT2D eigenvalue weighted by molar-refractivity contribution is 5.32. The van der Waals surface area contributed by atoms with Gasteiger partial charge in [0.05, 0.1) is 18.4 Å². The molecule has 0 fully saturated rings. The molecule has 2 aromatic heterocycles. The summed E-state index contributed by atoms with van der Waals surface area (Å²) in [5.74, 6) is -0.0789. The zero-order chi connectivity index (χ0) is 17.4. The maximum Gasteiger partial charge on any atom is 0.449 e. The monoisotopic (exact) mass is 348 g/mol. The lowest BCUT2D eigenvalue weighted by molar-refractivity contribution is -0.147. The predicted octanol–water partition coefficient (Wildman–Crippen LogP) is 2.50. The van der Waals surface area contributed by atoms with Crippen LogP contribution in [-0.2, 0) is 25.8 Å². The summed E-state index contributed by atoms with van der Waals surface area (Å²) >= 11 is 0. The highest BCUT2D eigenvalue weighted by Crippen LogP contribution is 2.30. The largest absolute Gasteiger partial charge is 0.449 e. The predicted molar refractivity (Wildman–Crippen MR) is 82.7 cm³/mol. The molecule has 0 aliphatic carbocycles. The molecule has 0 spiro atoms. The summed E-state index contributed by atoms with van der Waals surface area (Å²) in [7, 11) is 0. The van der Waals surface area contributed by atoms with Crippen LogP contribution in [0.15, 0.2) is 42.9 Å². The number of aromatic nitrogens is 5. The molecule has 0 saturated carbocycles. The molecule has 0 unspecified atom stereocenters. The van der Waals surface area contributed by atoms with Gasteiger partial charge in [-0.1, -0.05) is 18.2 Å². The van der Waals surface area contributed by atoms with Gasteiger partial charge in [0.1, 0.15) is 6.33 Å². The van der Waals surface area contributed by atoms with E-state index in [0.29, 0.717) is 25.3 Å². The van der Waals surface area contributed by atoms with Crippen molar-refractivity contribution in [3.05, 3.63) is 60.2 Å². The maximum atomic E-state index is 12.9. The van der Waals surface area contributed by atoms with Crippen molar-refractivity contribution in [1.29, 1.82) is 0 Å². The van der Waals surface area contributed by atoms with Crippen LogP contribution in [0.5, 0.6) is 0 Å². The molecule has 1 aliphatic rings. The van der Waals surface area contributed by atoms with Gasteiger partial charge in [-0.3, -0.25) is 9.47 Å². The summed E-state index contributed by atoms with van der Waals surface area (Å²) in [6.45, 7) is 1.64. The number of rotatable bonds is 3. The van der Waals surface area contributed by atoms with Gasteiger partial charge in [0, 0.05) is 25.3 Å². The third kappa shape index (κ3) is 3.02. The molecule has 0 N–H and O–H groups in total. The van der Waals surface area contributed by atoms with Gasteiger partial charge in [0.15, 0.2) is 5.82 Å². The topological polar surface area (TPSA) is 51.8 Å². The van der Waals surface area contributed by atoms with Crippen LogP contribution in [0.1, 0.15) is 17.3 Å². The molecule has 3 aromatic rings. The van der Waals surface area contributed by atoms with Crippen molar-refractivity contribution in [2.45, 2.75) is 25.8 Å². The molecule has 1 aliphatic heterocycles. The molecule has 6 nitrogen and oxygen atoms in total. The number of alkyl halides is 3. The van der Waals surface area contributed by atoms with E-state index in [1.54, 1.807) is 6.33 Å². The number of halogens is 3. The average molecular weight is 348 g/mol. The number of imidazole rings is 1. The van der Waals surface area contributed by atoms with Gasteiger partial charge < -0.3 is 4.57 Å². The van der Waals surface area contributed by atoms with Gasteiger partial charge in [-0.25, -0.2) is 4.98 Å². The Bertz CT molecular complexity index is 868. The van der Waals surface area contributed by atoms with Crippen molar-refractivity contribution in [1.82, 2.24) is 29.2 Å². The minimum Gasteiger partial charge on any atom is -0.322 e. The lowest BCUT2D eigenvalue weighted by Crippen LogP contribution is -2.35. The first-order chi connectivity index (χ1) is 12.0. The molecule has 0 atom stereocenters. The van der Waals surface area contributed by atoms with Gasteiger partial charge in [0.2, 0.25) is 5.82 Å². The van der Waals surface area contributed by atoms with E-state index < -0.39 is 12.0 Å². The van der Waals surface area contributed by atoms with Crippen LogP contribution >= 0.6 is 0 Å². The molecule has 1 aromatic carbocycles. The molecule has 0 radical (unpaired) electrons. The van der Waals surface area contributed by atoms with E-state index in [4.69, 9.17) is 0 Å².